The first-order valence-corrected chi connectivity index (χ1v) is 7.67. The fourth-order valence-corrected chi connectivity index (χ4v) is 2.23. The second kappa shape index (κ2) is 6.07. The minimum atomic E-state index is -0.485. The summed E-state index contributed by atoms with van der Waals surface area (Å²) >= 11 is 0. The number of pyridine rings is 1. The summed E-state index contributed by atoms with van der Waals surface area (Å²) in [7, 11) is 0. The highest BCUT2D eigenvalue weighted by Gasteiger charge is 2.20. The highest BCUT2D eigenvalue weighted by molar-refractivity contribution is 5.46. The summed E-state index contributed by atoms with van der Waals surface area (Å²) in [5, 5.41) is 0. The van der Waals surface area contributed by atoms with E-state index in [1.807, 2.05) is 34.6 Å². The molecule has 0 saturated carbocycles. The number of aryl methyl sites for hydroxylation is 1. The third-order valence-electron chi connectivity index (χ3n) is 3.56. The predicted octanol–water partition coefficient (Wildman–Crippen LogP) is 3.48. The summed E-state index contributed by atoms with van der Waals surface area (Å²) in [5.74, 6) is -0.256. The van der Waals surface area contributed by atoms with Crippen molar-refractivity contribution in [2.75, 3.05) is 6.61 Å². The molecule has 0 bridgehead atoms. The molecule has 4 nitrogen and oxygen atoms in total. The summed E-state index contributed by atoms with van der Waals surface area (Å²) in [5.41, 5.74) is 0.689. The van der Waals surface area contributed by atoms with Crippen LogP contribution in [0.1, 0.15) is 52.3 Å². The van der Waals surface area contributed by atoms with E-state index in [2.05, 4.69) is 4.98 Å². The quantitative estimate of drug-likeness (QED) is 0.868. The minimum absolute atomic E-state index is 0.0544. The average Bonchev–Trinajstić information content (AvgIpc) is 2.45. The topological polar surface area (TPSA) is 43.6 Å². The zero-order chi connectivity index (χ0) is 16.5. The van der Waals surface area contributed by atoms with Crippen molar-refractivity contribution in [2.24, 2.45) is 0 Å². The van der Waals surface area contributed by atoms with Gasteiger partial charge in [0.25, 0.3) is 0 Å². The van der Waals surface area contributed by atoms with Gasteiger partial charge in [-0.25, -0.2) is 9.37 Å². The zero-order valence-corrected chi connectivity index (χ0v) is 13.9. The fourth-order valence-electron chi connectivity index (χ4n) is 2.23. The maximum absolute atomic E-state index is 14.4. The molecule has 0 saturated heterocycles. The van der Waals surface area contributed by atoms with Gasteiger partial charge in [0.1, 0.15) is 0 Å². The van der Waals surface area contributed by atoms with E-state index in [0.29, 0.717) is 18.7 Å². The molecule has 2 aromatic rings. The van der Waals surface area contributed by atoms with Crippen LogP contribution in [-0.4, -0.2) is 16.0 Å². The first-order valence-electron chi connectivity index (χ1n) is 7.67. The van der Waals surface area contributed by atoms with Crippen LogP contribution in [-0.2, 0) is 11.8 Å². The Hall–Kier alpha value is -1.91. The van der Waals surface area contributed by atoms with Gasteiger partial charge in [-0.05, 0) is 29.9 Å². The summed E-state index contributed by atoms with van der Waals surface area (Å²) < 4.78 is 21.2. The monoisotopic (exact) mass is 306 g/mol. The lowest BCUT2D eigenvalue weighted by atomic mass is 9.88. The van der Waals surface area contributed by atoms with E-state index in [-0.39, 0.29) is 22.4 Å². The van der Waals surface area contributed by atoms with Gasteiger partial charge < -0.3 is 4.74 Å². The molecule has 0 fully saturated rings. The molecule has 0 atom stereocenters. The Morgan fingerprint density at radius 1 is 1.32 bits per heavy atom. The third-order valence-corrected chi connectivity index (χ3v) is 3.56. The first-order chi connectivity index (χ1) is 10.3. The molecule has 2 aromatic heterocycles. The van der Waals surface area contributed by atoms with Crippen molar-refractivity contribution in [3.63, 3.8) is 0 Å². The highest BCUT2D eigenvalue weighted by Crippen LogP contribution is 2.24. The maximum atomic E-state index is 14.4. The van der Waals surface area contributed by atoms with Gasteiger partial charge in [0.15, 0.2) is 11.5 Å². The standard InChI is InChI=1S/C17H23FN2O2/c1-6-8-22-14-13(7-2)19-15-12(18)9-11(17(3,4)5)10-20(15)16(14)21/h9-10H,6-8H2,1-5H3. The molecule has 0 spiro atoms. The van der Waals surface area contributed by atoms with Gasteiger partial charge in [0.05, 0.1) is 12.3 Å². The van der Waals surface area contributed by atoms with Crippen LogP contribution < -0.4 is 10.3 Å². The molecular formula is C17H23FN2O2. The number of hydrogen-bond donors (Lipinski definition) is 0. The minimum Gasteiger partial charge on any atom is -0.486 e. The highest BCUT2D eigenvalue weighted by atomic mass is 19.1. The molecular weight excluding hydrogens is 283 g/mol. The van der Waals surface area contributed by atoms with Crippen molar-refractivity contribution in [1.82, 2.24) is 9.38 Å². The van der Waals surface area contributed by atoms with Crippen LogP contribution in [0, 0.1) is 5.82 Å². The van der Waals surface area contributed by atoms with Crippen LogP contribution in [0.5, 0.6) is 5.75 Å². The van der Waals surface area contributed by atoms with Gasteiger partial charge in [-0.1, -0.05) is 34.6 Å². The molecule has 0 unspecified atom stereocenters. The number of halogens is 1. The van der Waals surface area contributed by atoms with Gasteiger partial charge in [0, 0.05) is 6.20 Å². The largest absolute Gasteiger partial charge is 0.486 e. The average molecular weight is 306 g/mol. The van der Waals surface area contributed by atoms with E-state index in [9.17, 15) is 9.18 Å². The van der Waals surface area contributed by atoms with Crippen LogP contribution >= 0.6 is 0 Å². The Balaban J connectivity index is 2.77. The normalized spacial score (nSPS) is 11.9. The van der Waals surface area contributed by atoms with Crippen LogP contribution in [0.25, 0.3) is 5.65 Å². The van der Waals surface area contributed by atoms with Crippen molar-refractivity contribution in [3.8, 4) is 5.75 Å². The molecule has 2 rings (SSSR count). The molecule has 5 heteroatoms. The summed E-state index contributed by atoms with van der Waals surface area (Å²) in [4.78, 5) is 17.0. The van der Waals surface area contributed by atoms with E-state index in [4.69, 9.17) is 4.74 Å². The number of hydrogen-bond acceptors (Lipinski definition) is 3. The van der Waals surface area contributed by atoms with E-state index in [1.54, 1.807) is 6.20 Å². The van der Waals surface area contributed by atoms with E-state index < -0.39 is 5.82 Å². The summed E-state index contributed by atoms with van der Waals surface area (Å²) in [6, 6.07) is 1.45. The van der Waals surface area contributed by atoms with Gasteiger partial charge in [-0.3, -0.25) is 9.20 Å². The molecule has 0 aliphatic carbocycles. The van der Waals surface area contributed by atoms with Crippen molar-refractivity contribution in [2.45, 2.75) is 52.9 Å². The molecule has 0 aromatic carbocycles. The Bertz CT molecular complexity index is 745. The number of ether oxygens (including phenoxy) is 1. The van der Waals surface area contributed by atoms with E-state index in [1.165, 1.54) is 10.5 Å². The molecule has 120 valence electrons. The number of fused-ring (bicyclic) bond motifs is 1. The Labute approximate surface area is 130 Å². The molecule has 0 aliphatic rings. The van der Waals surface area contributed by atoms with Crippen LogP contribution in [0.4, 0.5) is 4.39 Å². The lowest BCUT2D eigenvalue weighted by Gasteiger charge is -2.20. The van der Waals surface area contributed by atoms with Crippen LogP contribution in [0.15, 0.2) is 17.1 Å². The fraction of sp³-hybridized carbons (Fsp3) is 0.529. The van der Waals surface area contributed by atoms with Crippen molar-refractivity contribution in [3.05, 3.63) is 39.7 Å². The summed E-state index contributed by atoms with van der Waals surface area (Å²) in [6.45, 7) is 10.2. The van der Waals surface area contributed by atoms with Crippen LogP contribution in [0.2, 0.25) is 0 Å². The first kappa shape index (κ1) is 16.5. The predicted molar refractivity (Wildman–Crippen MR) is 85.3 cm³/mol. The van der Waals surface area contributed by atoms with Gasteiger partial charge in [-0.2, -0.15) is 0 Å². The van der Waals surface area contributed by atoms with E-state index in [0.717, 1.165) is 12.0 Å². The molecule has 2 heterocycles. The summed E-state index contributed by atoms with van der Waals surface area (Å²) in [6.07, 6.45) is 2.97. The molecule has 0 N–H and O–H groups in total. The third kappa shape index (κ3) is 2.98. The maximum Gasteiger partial charge on any atom is 0.300 e. The van der Waals surface area contributed by atoms with Crippen molar-refractivity contribution in [1.29, 1.82) is 0 Å². The molecule has 0 radical (unpaired) electrons. The lowest BCUT2D eigenvalue weighted by molar-refractivity contribution is 0.307. The SMILES string of the molecule is CCCOc1c(CC)nc2c(F)cc(C(C)(C)C)cn2c1=O. The van der Waals surface area contributed by atoms with Crippen LogP contribution in [0.3, 0.4) is 0 Å². The number of aromatic nitrogens is 2. The van der Waals surface area contributed by atoms with Gasteiger partial charge >= 0.3 is 5.56 Å². The van der Waals surface area contributed by atoms with Crippen molar-refractivity contribution >= 4 is 5.65 Å². The molecule has 0 aliphatic heterocycles. The van der Waals surface area contributed by atoms with Gasteiger partial charge in [0.2, 0.25) is 5.75 Å². The van der Waals surface area contributed by atoms with Gasteiger partial charge in [-0.15, -0.1) is 0 Å². The Kier molecular flexibility index (Phi) is 4.54. The second-order valence-electron chi connectivity index (χ2n) is 6.42. The number of nitrogens with zero attached hydrogens (tertiary/aromatic N) is 2. The number of rotatable bonds is 4. The Morgan fingerprint density at radius 3 is 2.55 bits per heavy atom. The molecule has 22 heavy (non-hydrogen) atoms. The molecule has 0 amide bonds. The Morgan fingerprint density at radius 2 is 2.00 bits per heavy atom. The van der Waals surface area contributed by atoms with E-state index >= 15 is 0 Å². The smallest absolute Gasteiger partial charge is 0.300 e. The second-order valence-corrected chi connectivity index (χ2v) is 6.42. The van der Waals surface area contributed by atoms with Crippen molar-refractivity contribution < 1.29 is 9.13 Å². The lowest BCUT2D eigenvalue weighted by Crippen LogP contribution is -2.23. The zero-order valence-electron chi connectivity index (χ0n) is 13.9.